The van der Waals surface area contributed by atoms with E-state index in [0.29, 0.717) is 0 Å². The molecule has 0 aromatic carbocycles. The van der Waals surface area contributed by atoms with Crippen LogP contribution < -0.4 is 4.74 Å². The third kappa shape index (κ3) is 5.26. The van der Waals surface area contributed by atoms with Crippen molar-refractivity contribution in [3.63, 3.8) is 0 Å². The van der Waals surface area contributed by atoms with Gasteiger partial charge in [0.2, 0.25) is 5.88 Å². The number of aryl methyl sites for hydroxylation is 1. The number of likely N-dealkylation sites (N-methyl/N-ethyl adjacent to an activating group) is 1. The van der Waals surface area contributed by atoms with Crippen molar-refractivity contribution >= 4 is 22.0 Å². The Morgan fingerprint density at radius 1 is 1.39 bits per heavy atom. The second-order valence-electron chi connectivity index (χ2n) is 8.41. The van der Waals surface area contributed by atoms with Gasteiger partial charge in [0.05, 0.1) is 25.5 Å². The summed E-state index contributed by atoms with van der Waals surface area (Å²) >= 11 is 0. The minimum atomic E-state index is -3.83. The smallest absolute Gasteiger partial charge is 0.261 e. The second kappa shape index (κ2) is 10.0. The van der Waals surface area contributed by atoms with Crippen LogP contribution >= 0.6 is 0 Å². The van der Waals surface area contributed by atoms with E-state index >= 15 is 0 Å². The molecule has 1 aliphatic heterocycles. The highest BCUT2D eigenvalue weighted by Crippen LogP contribution is 2.28. The lowest BCUT2D eigenvalue weighted by Crippen LogP contribution is -2.50. The van der Waals surface area contributed by atoms with Crippen LogP contribution in [0.3, 0.4) is 0 Å². The van der Waals surface area contributed by atoms with Gasteiger partial charge in [0.15, 0.2) is 5.03 Å². The average Bonchev–Trinajstić information content (AvgIpc) is 3.23. The molecule has 0 saturated carbocycles. The topological polar surface area (TPSA) is 118 Å². The first-order valence-electron chi connectivity index (χ1n) is 10.7. The van der Waals surface area contributed by atoms with E-state index in [-0.39, 0.29) is 48.0 Å². The second-order valence-corrected chi connectivity index (χ2v) is 10.4. The summed E-state index contributed by atoms with van der Waals surface area (Å²) in [5, 5.41) is 9.69. The van der Waals surface area contributed by atoms with Crippen molar-refractivity contribution in [3.8, 4) is 5.88 Å². The summed E-state index contributed by atoms with van der Waals surface area (Å²) in [5.74, 6) is -0.386. The predicted octanol–water partition coefficient (Wildman–Crippen LogP) is 1.39. The highest BCUT2D eigenvalue weighted by molar-refractivity contribution is 7.89. The lowest BCUT2D eigenvalue weighted by molar-refractivity contribution is 0.0373. The minimum Gasteiger partial charge on any atom is -0.472 e. The maximum Gasteiger partial charge on any atom is 0.261 e. The van der Waals surface area contributed by atoms with Gasteiger partial charge in [0.25, 0.3) is 15.9 Å². The third-order valence-corrected chi connectivity index (χ3v) is 7.40. The number of ether oxygens (including phenoxy) is 1. The van der Waals surface area contributed by atoms with E-state index in [4.69, 9.17) is 4.74 Å². The molecule has 0 unspecified atom stereocenters. The zero-order valence-corrected chi connectivity index (χ0v) is 20.4. The van der Waals surface area contributed by atoms with E-state index < -0.39 is 22.2 Å². The number of allylic oxidation sites excluding steroid dienone is 1. The van der Waals surface area contributed by atoms with Gasteiger partial charge in [0.1, 0.15) is 11.7 Å². The Bertz CT molecular complexity index is 1130. The number of pyridine rings is 1. The largest absolute Gasteiger partial charge is 0.472 e. The SMILES string of the molecule is CC=Cc1cnc2c(c1)C(=O)N([C@H](C)CO)C[C@H](C)[C@H](CN(C)S(=O)(=O)c1cn(C)cn1)O2. The zero-order chi connectivity index (χ0) is 24.3. The Kier molecular flexibility index (Phi) is 7.55. The van der Waals surface area contributed by atoms with E-state index in [9.17, 15) is 18.3 Å². The minimum absolute atomic E-state index is 0.0351. The number of rotatable bonds is 7. The van der Waals surface area contributed by atoms with Crippen LogP contribution in [-0.4, -0.2) is 82.1 Å². The molecule has 10 nitrogen and oxygen atoms in total. The van der Waals surface area contributed by atoms with Crippen LogP contribution in [-0.2, 0) is 17.1 Å². The van der Waals surface area contributed by atoms with Gasteiger partial charge < -0.3 is 19.3 Å². The number of fused-ring (bicyclic) bond motifs is 1. The number of sulfonamides is 1. The van der Waals surface area contributed by atoms with Crippen molar-refractivity contribution in [2.24, 2.45) is 13.0 Å². The van der Waals surface area contributed by atoms with Crippen LogP contribution in [0.5, 0.6) is 5.88 Å². The molecule has 0 saturated heterocycles. The first-order valence-corrected chi connectivity index (χ1v) is 12.2. The molecule has 0 aliphatic carbocycles. The van der Waals surface area contributed by atoms with Crippen LogP contribution in [0, 0.1) is 5.92 Å². The molecular weight excluding hydrogens is 446 g/mol. The van der Waals surface area contributed by atoms with Crippen LogP contribution in [0.2, 0.25) is 0 Å². The van der Waals surface area contributed by atoms with Gasteiger partial charge in [-0.25, -0.2) is 18.4 Å². The predicted molar refractivity (Wildman–Crippen MR) is 123 cm³/mol. The molecule has 0 spiro atoms. The van der Waals surface area contributed by atoms with E-state index in [1.54, 1.807) is 35.7 Å². The van der Waals surface area contributed by atoms with Gasteiger partial charge >= 0.3 is 0 Å². The van der Waals surface area contributed by atoms with E-state index in [1.807, 2.05) is 26.0 Å². The Morgan fingerprint density at radius 2 is 2.12 bits per heavy atom. The van der Waals surface area contributed by atoms with Crippen molar-refractivity contribution in [3.05, 3.63) is 42.0 Å². The molecular formula is C22H31N5O5S. The fraction of sp³-hybridized carbons (Fsp3) is 0.500. The number of carbonyl (C=O) groups is 1. The van der Waals surface area contributed by atoms with Gasteiger partial charge in [0, 0.05) is 39.0 Å². The molecule has 0 fully saturated rings. The molecule has 2 aromatic rings. The van der Waals surface area contributed by atoms with Crippen LogP contribution in [0.25, 0.3) is 6.08 Å². The van der Waals surface area contributed by atoms with Gasteiger partial charge in [-0.05, 0) is 25.5 Å². The Hall–Kier alpha value is -2.76. The van der Waals surface area contributed by atoms with Crippen LogP contribution in [0.1, 0.15) is 36.7 Å². The van der Waals surface area contributed by atoms with E-state index in [1.165, 1.54) is 23.9 Å². The molecule has 2 aromatic heterocycles. The molecule has 3 heterocycles. The average molecular weight is 478 g/mol. The number of hydrogen-bond donors (Lipinski definition) is 1. The third-order valence-electron chi connectivity index (χ3n) is 5.69. The highest BCUT2D eigenvalue weighted by Gasteiger charge is 2.36. The number of carbonyl (C=O) groups excluding carboxylic acids is 1. The molecule has 1 aliphatic rings. The summed E-state index contributed by atoms with van der Waals surface area (Å²) in [5.41, 5.74) is 1.02. The zero-order valence-electron chi connectivity index (χ0n) is 19.5. The molecule has 0 bridgehead atoms. The summed E-state index contributed by atoms with van der Waals surface area (Å²) in [4.78, 5) is 23.2. The molecule has 0 radical (unpaired) electrons. The normalized spacial score (nSPS) is 20.5. The lowest BCUT2D eigenvalue weighted by atomic mass is 10.00. The molecule has 3 atom stereocenters. The number of nitrogens with zero attached hydrogens (tertiary/aromatic N) is 5. The first kappa shape index (κ1) is 24.9. The fourth-order valence-corrected chi connectivity index (χ4v) is 4.80. The standard InChI is InChI=1S/C22H31N5O5S/c1-6-7-17-8-18-21(23-9-17)32-19(15(2)10-27(22(18)29)16(3)13-28)11-26(5)33(30,31)20-12-25(4)14-24-20/h6-9,12,14-16,19,28H,10-11,13H2,1-5H3/t15-,16+,19-/m0/s1. The molecule has 1 amide bonds. The van der Waals surface area contributed by atoms with Crippen LogP contribution in [0.4, 0.5) is 0 Å². The quantitative estimate of drug-likeness (QED) is 0.640. The summed E-state index contributed by atoms with van der Waals surface area (Å²) in [6.07, 6.45) is 7.55. The Balaban J connectivity index is 1.97. The maximum absolute atomic E-state index is 13.3. The van der Waals surface area contributed by atoms with Crippen molar-refractivity contribution in [1.29, 1.82) is 0 Å². The number of aliphatic hydroxyl groups is 1. The number of aromatic nitrogens is 3. The first-order chi connectivity index (χ1) is 15.6. The van der Waals surface area contributed by atoms with Gasteiger partial charge in [-0.3, -0.25) is 4.79 Å². The Labute approximate surface area is 194 Å². The van der Waals surface area contributed by atoms with Crippen molar-refractivity contribution in [2.45, 2.75) is 37.9 Å². The van der Waals surface area contributed by atoms with E-state index in [2.05, 4.69) is 9.97 Å². The number of amides is 1. The Morgan fingerprint density at radius 3 is 2.73 bits per heavy atom. The lowest BCUT2D eigenvalue weighted by Gasteiger charge is -2.37. The van der Waals surface area contributed by atoms with Crippen LogP contribution in [0.15, 0.2) is 35.9 Å². The summed E-state index contributed by atoms with van der Waals surface area (Å²) in [6.45, 7) is 5.64. The molecule has 33 heavy (non-hydrogen) atoms. The molecule has 3 rings (SSSR count). The number of imidazole rings is 1. The molecule has 11 heteroatoms. The van der Waals surface area contributed by atoms with Crippen molar-refractivity contribution in [1.82, 2.24) is 23.7 Å². The highest BCUT2D eigenvalue weighted by atomic mass is 32.2. The summed E-state index contributed by atoms with van der Waals surface area (Å²) in [7, 11) is -0.655. The van der Waals surface area contributed by atoms with Crippen molar-refractivity contribution < 1.29 is 23.1 Å². The van der Waals surface area contributed by atoms with Gasteiger partial charge in [-0.15, -0.1) is 0 Å². The molecule has 180 valence electrons. The van der Waals surface area contributed by atoms with Gasteiger partial charge in [-0.2, -0.15) is 4.31 Å². The maximum atomic E-state index is 13.3. The van der Waals surface area contributed by atoms with Crippen molar-refractivity contribution in [2.75, 3.05) is 26.7 Å². The monoisotopic (exact) mass is 477 g/mol. The fourth-order valence-electron chi connectivity index (χ4n) is 3.65. The van der Waals surface area contributed by atoms with Gasteiger partial charge in [-0.1, -0.05) is 19.1 Å². The summed E-state index contributed by atoms with van der Waals surface area (Å²) < 4.78 is 34.9. The molecule has 1 N–H and O–H groups in total. The number of hydrogen-bond acceptors (Lipinski definition) is 7. The summed E-state index contributed by atoms with van der Waals surface area (Å²) in [6, 6.07) is 1.27. The van der Waals surface area contributed by atoms with E-state index in [0.717, 1.165) is 5.56 Å². The number of aliphatic hydroxyl groups excluding tert-OH is 1.